The third kappa shape index (κ3) is 2.92. The number of fused-ring (bicyclic) bond motifs is 1. The highest BCUT2D eigenvalue weighted by Gasteiger charge is 2.04. The van der Waals surface area contributed by atoms with Crippen molar-refractivity contribution in [2.45, 2.75) is 39.0 Å². The lowest BCUT2D eigenvalue weighted by molar-refractivity contribution is 0.560. The smallest absolute Gasteiger partial charge is 0.336 e. The van der Waals surface area contributed by atoms with E-state index in [1.165, 1.54) is 25.3 Å². The van der Waals surface area contributed by atoms with E-state index < -0.39 is 0 Å². The molecule has 2 aromatic rings. The first-order valence-electron chi connectivity index (χ1n) is 6.53. The Morgan fingerprint density at radius 3 is 2.78 bits per heavy atom. The molecular formula is C15H19NO2. The first-order chi connectivity index (χ1) is 8.70. The highest BCUT2D eigenvalue weighted by Crippen LogP contribution is 2.23. The van der Waals surface area contributed by atoms with Crippen LogP contribution in [0.15, 0.2) is 33.5 Å². The van der Waals surface area contributed by atoms with Crippen molar-refractivity contribution in [2.75, 3.05) is 5.73 Å². The van der Waals surface area contributed by atoms with Gasteiger partial charge in [0, 0.05) is 17.1 Å². The number of nitrogen functional groups attached to an aromatic ring is 1. The summed E-state index contributed by atoms with van der Waals surface area (Å²) in [5.41, 5.74) is 8.06. The fourth-order valence-corrected chi connectivity index (χ4v) is 2.16. The monoisotopic (exact) mass is 245 g/mol. The molecule has 18 heavy (non-hydrogen) atoms. The van der Waals surface area contributed by atoms with Crippen LogP contribution in [-0.2, 0) is 6.42 Å². The van der Waals surface area contributed by atoms with Gasteiger partial charge in [0.2, 0.25) is 0 Å². The van der Waals surface area contributed by atoms with Crippen molar-refractivity contribution >= 4 is 16.7 Å². The second-order valence-electron chi connectivity index (χ2n) is 4.66. The molecule has 0 unspecified atom stereocenters. The molecule has 0 aliphatic carbocycles. The quantitative estimate of drug-likeness (QED) is 0.498. The Labute approximate surface area is 107 Å². The van der Waals surface area contributed by atoms with E-state index >= 15 is 0 Å². The fourth-order valence-electron chi connectivity index (χ4n) is 2.16. The number of unbranched alkanes of at least 4 members (excludes halogenated alkanes) is 3. The van der Waals surface area contributed by atoms with Crippen molar-refractivity contribution < 1.29 is 4.42 Å². The van der Waals surface area contributed by atoms with E-state index in [9.17, 15) is 4.79 Å². The van der Waals surface area contributed by atoms with Crippen LogP contribution in [0, 0.1) is 0 Å². The normalized spacial score (nSPS) is 10.9. The van der Waals surface area contributed by atoms with Crippen LogP contribution in [0.4, 0.5) is 5.69 Å². The summed E-state index contributed by atoms with van der Waals surface area (Å²) in [5.74, 6) is 0. The molecular weight excluding hydrogens is 226 g/mol. The first kappa shape index (κ1) is 12.7. The second kappa shape index (κ2) is 5.71. The van der Waals surface area contributed by atoms with Gasteiger partial charge in [-0.2, -0.15) is 0 Å². The molecule has 0 radical (unpaired) electrons. The summed E-state index contributed by atoms with van der Waals surface area (Å²) in [5, 5.41) is 0.812. The molecule has 2 rings (SSSR count). The molecule has 0 fully saturated rings. The number of anilines is 1. The maximum atomic E-state index is 11.2. The van der Waals surface area contributed by atoms with E-state index in [2.05, 4.69) is 6.92 Å². The zero-order valence-electron chi connectivity index (χ0n) is 10.7. The van der Waals surface area contributed by atoms with Crippen LogP contribution in [0.25, 0.3) is 11.0 Å². The van der Waals surface area contributed by atoms with E-state index in [0.717, 1.165) is 23.8 Å². The molecule has 3 heteroatoms. The maximum Gasteiger partial charge on any atom is 0.336 e. The summed E-state index contributed by atoms with van der Waals surface area (Å²) in [6.45, 7) is 2.20. The van der Waals surface area contributed by atoms with Crippen molar-refractivity contribution in [3.63, 3.8) is 0 Å². The van der Waals surface area contributed by atoms with Crippen LogP contribution in [0.2, 0.25) is 0 Å². The summed E-state index contributed by atoms with van der Waals surface area (Å²) in [4.78, 5) is 11.2. The molecule has 1 heterocycles. The van der Waals surface area contributed by atoms with Gasteiger partial charge in [0.05, 0.1) is 0 Å². The molecule has 0 aliphatic heterocycles. The molecule has 0 bridgehead atoms. The molecule has 0 saturated heterocycles. The number of benzene rings is 1. The van der Waals surface area contributed by atoms with Gasteiger partial charge in [0.15, 0.2) is 0 Å². The Balaban J connectivity index is 2.22. The molecule has 96 valence electrons. The third-order valence-corrected chi connectivity index (χ3v) is 3.15. The molecule has 1 aromatic heterocycles. The first-order valence-corrected chi connectivity index (χ1v) is 6.53. The van der Waals surface area contributed by atoms with Gasteiger partial charge in [0.25, 0.3) is 0 Å². The van der Waals surface area contributed by atoms with Crippen molar-refractivity contribution in [2.24, 2.45) is 0 Å². The Morgan fingerprint density at radius 2 is 2.00 bits per heavy atom. The minimum Gasteiger partial charge on any atom is -0.423 e. The molecule has 0 aliphatic rings. The Kier molecular flexibility index (Phi) is 4.03. The predicted octanol–water partition coefficient (Wildman–Crippen LogP) is 3.50. The standard InChI is InChI=1S/C15H19NO2/c1-2-3-4-5-6-11-9-13(16)12-7-8-15(17)18-14(12)10-11/h7-10H,2-6,16H2,1H3. The fraction of sp³-hybridized carbons (Fsp3) is 0.400. The van der Waals surface area contributed by atoms with Gasteiger partial charge in [-0.15, -0.1) is 0 Å². The van der Waals surface area contributed by atoms with Crippen LogP contribution in [0.3, 0.4) is 0 Å². The van der Waals surface area contributed by atoms with Crippen LogP contribution >= 0.6 is 0 Å². The second-order valence-corrected chi connectivity index (χ2v) is 4.66. The van der Waals surface area contributed by atoms with Crippen LogP contribution in [-0.4, -0.2) is 0 Å². The number of hydrogen-bond donors (Lipinski definition) is 1. The van der Waals surface area contributed by atoms with Crippen LogP contribution in [0.5, 0.6) is 0 Å². The summed E-state index contributed by atoms with van der Waals surface area (Å²) in [6, 6.07) is 7.03. The maximum absolute atomic E-state index is 11.2. The van der Waals surface area contributed by atoms with E-state index in [1.54, 1.807) is 6.07 Å². The van der Waals surface area contributed by atoms with Crippen LogP contribution < -0.4 is 11.4 Å². The van der Waals surface area contributed by atoms with Gasteiger partial charge in [0.1, 0.15) is 5.58 Å². The average molecular weight is 245 g/mol. The van der Waals surface area contributed by atoms with Gasteiger partial charge in [-0.3, -0.25) is 0 Å². The lowest BCUT2D eigenvalue weighted by Crippen LogP contribution is -1.98. The highest BCUT2D eigenvalue weighted by molar-refractivity contribution is 5.89. The summed E-state index contributed by atoms with van der Waals surface area (Å²) in [6.07, 6.45) is 5.86. The van der Waals surface area contributed by atoms with Gasteiger partial charge in [-0.05, 0) is 36.6 Å². The lowest BCUT2D eigenvalue weighted by atomic mass is 10.0. The summed E-state index contributed by atoms with van der Waals surface area (Å²) >= 11 is 0. The van der Waals surface area contributed by atoms with E-state index in [-0.39, 0.29) is 5.63 Å². The summed E-state index contributed by atoms with van der Waals surface area (Å²) < 4.78 is 5.18. The van der Waals surface area contributed by atoms with Gasteiger partial charge < -0.3 is 10.2 Å². The van der Waals surface area contributed by atoms with Crippen molar-refractivity contribution in [3.8, 4) is 0 Å². The lowest BCUT2D eigenvalue weighted by Gasteiger charge is -2.05. The molecule has 0 amide bonds. The highest BCUT2D eigenvalue weighted by atomic mass is 16.4. The van der Waals surface area contributed by atoms with Gasteiger partial charge in [-0.25, -0.2) is 4.79 Å². The molecule has 0 saturated carbocycles. The largest absolute Gasteiger partial charge is 0.423 e. The topological polar surface area (TPSA) is 56.2 Å². The number of aryl methyl sites for hydroxylation is 1. The van der Waals surface area contributed by atoms with Gasteiger partial charge in [-0.1, -0.05) is 26.2 Å². The SMILES string of the molecule is CCCCCCc1cc(N)c2ccc(=O)oc2c1. The predicted molar refractivity (Wildman–Crippen MR) is 74.7 cm³/mol. The van der Waals surface area contributed by atoms with Crippen LogP contribution in [0.1, 0.15) is 38.2 Å². The zero-order chi connectivity index (χ0) is 13.0. The molecule has 0 atom stereocenters. The summed E-state index contributed by atoms with van der Waals surface area (Å²) in [7, 11) is 0. The van der Waals surface area contributed by atoms with E-state index in [4.69, 9.17) is 10.2 Å². The zero-order valence-corrected chi connectivity index (χ0v) is 10.7. The van der Waals surface area contributed by atoms with Crippen molar-refractivity contribution in [3.05, 3.63) is 40.2 Å². The van der Waals surface area contributed by atoms with E-state index in [1.807, 2.05) is 12.1 Å². The Bertz CT molecular complexity index is 587. The number of rotatable bonds is 5. The van der Waals surface area contributed by atoms with Crippen molar-refractivity contribution in [1.29, 1.82) is 0 Å². The number of nitrogens with two attached hydrogens (primary N) is 1. The minimum atomic E-state index is -0.329. The molecule has 3 nitrogen and oxygen atoms in total. The molecule has 0 spiro atoms. The molecule has 2 N–H and O–H groups in total. The Morgan fingerprint density at radius 1 is 1.17 bits per heavy atom. The molecule has 1 aromatic carbocycles. The number of hydrogen-bond acceptors (Lipinski definition) is 3. The average Bonchev–Trinajstić information content (AvgIpc) is 2.34. The Hall–Kier alpha value is -1.77. The van der Waals surface area contributed by atoms with E-state index in [0.29, 0.717) is 11.3 Å². The van der Waals surface area contributed by atoms with Crippen molar-refractivity contribution in [1.82, 2.24) is 0 Å². The third-order valence-electron chi connectivity index (χ3n) is 3.15. The van der Waals surface area contributed by atoms with Gasteiger partial charge >= 0.3 is 5.63 Å². The minimum absolute atomic E-state index is 0.329.